The first kappa shape index (κ1) is 18.2. The monoisotopic (exact) mass is 310 g/mol. The largest absolute Gasteiger partial charge is 0.383 e. The Morgan fingerprint density at radius 2 is 2.18 bits per heavy atom. The molecule has 0 aliphatic rings. The van der Waals surface area contributed by atoms with Gasteiger partial charge in [0.05, 0.1) is 6.61 Å². The number of anilines is 1. The van der Waals surface area contributed by atoms with Crippen LogP contribution in [0.15, 0.2) is 29.3 Å². The zero-order valence-corrected chi connectivity index (χ0v) is 13.7. The van der Waals surface area contributed by atoms with Gasteiger partial charge in [0.15, 0.2) is 5.96 Å². The number of aliphatic imine (C=N–C) groups is 1. The van der Waals surface area contributed by atoms with Crippen molar-refractivity contribution in [3.63, 3.8) is 0 Å². The highest BCUT2D eigenvalue weighted by Gasteiger charge is 2.02. The Morgan fingerprint density at radius 1 is 1.36 bits per heavy atom. The van der Waals surface area contributed by atoms with Gasteiger partial charge in [0.2, 0.25) is 0 Å². The normalized spacial score (nSPS) is 11.4. The van der Waals surface area contributed by atoms with Crippen LogP contribution in [0.5, 0.6) is 0 Å². The van der Waals surface area contributed by atoms with E-state index in [1.165, 1.54) is 6.07 Å². The minimum atomic E-state index is -0.209. The van der Waals surface area contributed by atoms with Crippen LogP contribution in [0.2, 0.25) is 0 Å². The number of nitrogens with one attached hydrogen (secondary N) is 2. The van der Waals surface area contributed by atoms with Gasteiger partial charge < -0.3 is 20.3 Å². The third-order valence-corrected chi connectivity index (χ3v) is 3.11. The van der Waals surface area contributed by atoms with Gasteiger partial charge in [-0.2, -0.15) is 0 Å². The Bertz CT molecular complexity index is 454. The quantitative estimate of drug-likeness (QED) is 0.415. The fourth-order valence-corrected chi connectivity index (χ4v) is 1.95. The molecule has 124 valence electrons. The van der Waals surface area contributed by atoms with Gasteiger partial charge in [-0.05, 0) is 31.5 Å². The summed E-state index contributed by atoms with van der Waals surface area (Å²) >= 11 is 0. The lowest BCUT2D eigenvalue weighted by molar-refractivity contribution is 0.203. The summed E-state index contributed by atoms with van der Waals surface area (Å²) in [6.45, 7) is 5.76. The molecule has 0 aliphatic heterocycles. The Kier molecular flexibility index (Phi) is 8.98. The molecule has 0 aliphatic carbocycles. The Hall–Kier alpha value is -1.82. The molecule has 6 heteroatoms. The second kappa shape index (κ2) is 10.8. The van der Waals surface area contributed by atoms with E-state index in [1.807, 2.05) is 24.9 Å². The molecule has 0 saturated heterocycles. The molecule has 0 amide bonds. The molecule has 1 rings (SSSR count). The maximum atomic E-state index is 13.2. The highest BCUT2D eigenvalue weighted by molar-refractivity contribution is 5.79. The standard InChI is InChI=1S/C16H27FN4O/c1-4-18-16(20-10-12-22-3)19-9-6-11-21(2)15-8-5-7-14(17)13-15/h5,7-8,13H,4,6,9-12H2,1-3H3,(H2,18,19,20). The van der Waals surface area contributed by atoms with E-state index in [9.17, 15) is 4.39 Å². The molecule has 0 fully saturated rings. The van der Waals surface area contributed by atoms with Crippen LogP contribution in [0, 0.1) is 5.82 Å². The Balaban J connectivity index is 2.35. The van der Waals surface area contributed by atoms with Gasteiger partial charge in [0.25, 0.3) is 0 Å². The van der Waals surface area contributed by atoms with E-state index >= 15 is 0 Å². The molecular formula is C16H27FN4O. The maximum Gasteiger partial charge on any atom is 0.191 e. The van der Waals surface area contributed by atoms with Crippen LogP contribution in [0.3, 0.4) is 0 Å². The van der Waals surface area contributed by atoms with Crippen molar-refractivity contribution < 1.29 is 9.13 Å². The second-order valence-electron chi connectivity index (χ2n) is 4.94. The number of nitrogens with zero attached hydrogens (tertiary/aromatic N) is 2. The van der Waals surface area contributed by atoms with E-state index in [1.54, 1.807) is 19.2 Å². The van der Waals surface area contributed by atoms with E-state index in [4.69, 9.17) is 4.74 Å². The molecule has 5 nitrogen and oxygen atoms in total. The zero-order valence-electron chi connectivity index (χ0n) is 13.7. The summed E-state index contributed by atoms with van der Waals surface area (Å²) in [6, 6.07) is 6.63. The summed E-state index contributed by atoms with van der Waals surface area (Å²) in [6.07, 6.45) is 0.897. The average molecular weight is 310 g/mol. The minimum Gasteiger partial charge on any atom is -0.383 e. The summed E-state index contributed by atoms with van der Waals surface area (Å²) in [5.74, 6) is 0.590. The van der Waals surface area contributed by atoms with Crippen molar-refractivity contribution in [2.45, 2.75) is 13.3 Å². The molecule has 1 aromatic carbocycles. The second-order valence-corrected chi connectivity index (χ2v) is 4.94. The van der Waals surface area contributed by atoms with Gasteiger partial charge in [-0.25, -0.2) is 4.39 Å². The van der Waals surface area contributed by atoms with E-state index in [-0.39, 0.29) is 5.82 Å². The average Bonchev–Trinajstić information content (AvgIpc) is 2.51. The van der Waals surface area contributed by atoms with Gasteiger partial charge >= 0.3 is 0 Å². The summed E-state index contributed by atoms with van der Waals surface area (Å²) < 4.78 is 18.2. The van der Waals surface area contributed by atoms with Gasteiger partial charge in [0.1, 0.15) is 5.82 Å². The summed E-state index contributed by atoms with van der Waals surface area (Å²) in [7, 11) is 3.63. The first-order valence-corrected chi connectivity index (χ1v) is 7.65. The SMILES string of the molecule is CCNC(=NCCCN(C)c1cccc(F)c1)NCCOC. The van der Waals surface area contributed by atoms with Crippen LogP contribution in [0.1, 0.15) is 13.3 Å². The predicted octanol–water partition coefficient (Wildman–Crippen LogP) is 1.85. The van der Waals surface area contributed by atoms with Crippen molar-refractivity contribution in [3.05, 3.63) is 30.1 Å². The number of ether oxygens (including phenoxy) is 1. The van der Waals surface area contributed by atoms with Crippen LogP contribution in [0.4, 0.5) is 10.1 Å². The summed E-state index contributed by atoms with van der Waals surface area (Å²) in [5.41, 5.74) is 0.883. The van der Waals surface area contributed by atoms with Crippen molar-refractivity contribution in [1.29, 1.82) is 0 Å². The molecular weight excluding hydrogens is 283 g/mol. The van der Waals surface area contributed by atoms with Crippen LogP contribution >= 0.6 is 0 Å². The van der Waals surface area contributed by atoms with Gasteiger partial charge in [0, 0.05) is 46.0 Å². The third-order valence-electron chi connectivity index (χ3n) is 3.11. The molecule has 0 aromatic heterocycles. The number of guanidine groups is 1. The first-order valence-electron chi connectivity index (χ1n) is 7.65. The number of hydrogen-bond donors (Lipinski definition) is 2. The molecule has 0 bridgehead atoms. The zero-order chi connectivity index (χ0) is 16.2. The molecule has 0 heterocycles. The molecule has 0 unspecified atom stereocenters. The summed E-state index contributed by atoms with van der Waals surface area (Å²) in [5, 5.41) is 6.39. The molecule has 1 aromatic rings. The van der Waals surface area contributed by atoms with Crippen LogP contribution in [-0.4, -0.2) is 52.9 Å². The van der Waals surface area contributed by atoms with Crippen molar-refractivity contribution >= 4 is 11.6 Å². The highest BCUT2D eigenvalue weighted by Crippen LogP contribution is 2.13. The fraction of sp³-hybridized carbons (Fsp3) is 0.562. The van der Waals surface area contributed by atoms with Gasteiger partial charge in [-0.1, -0.05) is 6.07 Å². The molecule has 22 heavy (non-hydrogen) atoms. The maximum absolute atomic E-state index is 13.2. The topological polar surface area (TPSA) is 48.9 Å². The third kappa shape index (κ3) is 7.26. The predicted molar refractivity (Wildman–Crippen MR) is 90.1 cm³/mol. The lowest BCUT2D eigenvalue weighted by Crippen LogP contribution is -2.39. The minimum absolute atomic E-state index is 0.209. The number of rotatable bonds is 9. The summed E-state index contributed by atoms with van der Waals surface area (Å²) in [4.78, 5) is 6.54. The van der Waals surface area contributed by atoms with Crippen LogP contribution < -0.4 is 15.5 Å². The van der Waals surface area contributed by atoms with Gasteiger partial charge in [-0.3, -0.25) is 4.99 Å². The number of methoxy groups -OCH3 is 1. The number of hydrogen-bond acceptors (Lipinski definition) is 3. The lowest BCUT2D eigenvalue weighted by Gasteiger charge is -2.19. The molecule has 0 radical (unpaired) electrons. The fourth-order valence-electron chi connectivity index (χ4n) is 1.95. The lowest BCUT2D eigenvalue weighted by atomic mass is 10.2. The molecule has 0 spiro atoms. The van der Waals surface area contributed by atoms with E-state index in [0.29, 0.717) is 13.2 Å². The molecule has 2 N–H and O–H groups in total. The highest BCUT2D eigenvalue weighted by atomic mass is 19.1. The van der Waals surface area contributed by atoms with Crippen LogP contribution in [0.25, 0.3) is 0 Å². The van der Waals surface area contributed by atoms with Crippen molar-refractivity contribution in [3.8, 4) is 0 Å². The van der Waals surface area contributed by atoms with Gasteiger partial charge in [-0.15, -0.1) is 0 Å². The smallest absolute Gasteiger partial charge is 0.191 e. The molecule has 0 atom stereocenters. The number of halogens is 1. The molecule has 0 saturated carbocycles. The Morgan fingerprint density at radius 3 is 2.86 bits per heavy atom. The van der Waals surface area contributed by atoms with E-state index in [0.717, 1.165) is 37.7 Å². The Labute approximate surface area is 132 Å². The first-order chi connectivity index (χ1) is 10.7. The van der Waals surface area contributed by atoms with Crippen LogP contribution in [-0.2, 0) is 4.74 Å². The van der Waals surface area contributed by atoms with E-state index in [2.05, 4.69) is 15.6 Å². The van der Waals surface area contributed by atoms with Crippen molar-refractivity contribution in [2.75, 3.05) is 51.8 Å². The van der Waals surface area contributed by atoms with Crippen molar-refractivity contribution in [1.82, 2.24) is 10.6 Å². The van der Waals surface area contributed by atoms with E-state index < -0.39 is 0 Å². The number of benzene rings is 1. The van der Waals surface area contributed by atoms with Crippen molar-refractivity contribution in [2.24, 2.45) is 4.99 Å².